The molecular weight excluding hydrogens is 240 g/mol. The third-order valence-corrected chi connectivity index (χ3v) is 3.40. The lowest BCUT2D eigenvalue weighted by molar-refractivity contribution is 0.251. The number of hydrogen-bond donors (Lipinski definition) is 2. The Hall–Kier alpha value is -1.27. The van der Waals surface area contributed by atoms with Crippen LogP contribution in [0.1, 0.15) is 5.56 Å². The van der Waals surface area contributed by atoms with E-state index in [1.54, 1.807) is 0 Å². The third-order valence-electron chi connectivity index (χ3n) is 2.05. The Kier molecular flexibility index (Phi) is 2.32. The van der Waals surface area contributed by atoms with E-state index in [2.05, 4.69) is 10.6 Å². The van der Waals surface area contributed by atoms with Crippen LogP contribution < -0.4 is 10.6 Å². The predicted octanol–water partition coefficient (Wildman–Crippen LogP) is 1.25. The Morgan fingerprint density at radius 3 is 2.73 bits per heavy atom. The highest BCUT2D eigenvalue weighted by molar-refractivity contribution is 8.13. The minimum absolute atomic E-state index is 0.0286. The van der Waals surface area contributed by atoms with Gasteiger partial charge in [-0.05, 0) is 23.8 Å². The van der Waals surface area contributed by atoms with Gasteiger partial charge in [-0.15, -0.1) is 0 Å². The van der Waals surface area contributed by atoms with Gasteiger partial charge in [0, 0.05) is 22.9 Å². The number of rotatable bonds is 1. The fourth-order valence-electron chi connectivity index (χ4n) is 1.33. The maximum absolute atomic E-state index is 11.0. The van der Waals surface area contributed by atoms with Gasteiger partial charge in [0.2, 0.25) is 0 Å². The molecule has 0 saturated heterocycles. The van der Waals surface area contributed by atoms with Crippen LogP contribution in [-0.2, 0) is 15.6 Å². The Labute approximate surface area is 90.8 Å². The molecule has 1 heterocycles. The summed E-state index contributed by atoms with van der Waals surface area (Å²) in [5.41, 5.74) is 1.29. The van der Waals surface area contributed by atoms with Crippen molar-refractivity contribution < 1.29 is 13.2 Å². The molecule has 0 radical (unpaired) electrons. The molecule has 0 aliphatic carbocycles. The Morgan fingerprint density at radius 1 is 1.33 bits per heavy atom. The van der Waals surface area contributed by atoms with Gasteiger partial charge in [0.15, 0.2) is 0 Å². The van der Waals surface area contributed by atoms with Crippen LogP contribution in [0.25, 0.3) is 0 Å². The van der Waals surface area contributed by atoms with Crippen LogP contribution in [0.5, 0.6) is 0 Å². The van der Waals surface area contributed by atoms with Crippen LogP contribution in [0.2, 0.25) is 0 Å². The molecule has 1 aliphatic heterocycles. The number of urea groups is 1. The molecule has 15 heavy (non-hydrogen) atoms. The van der Waals surface area contributed by atoms with Crippen molar-refractivity contribution in [3.05, 3.63) is 23.8 Å². The number of halogens is 1. The zero-order valence-electron chi connectivity index (χ0n) is 7.45. The fourth-order valence-corrected chi connectivity index (χ4v) is 2.13. The van der Waals surface area contributed by atoms with Crippen LogP contribution in [0.4, 0.5) is 10.5 Å². The van der Waals surface area contributed by atoms with E-state index in [-0.39, 0.29) is 10.9 Å². The predicted molar refractivity (Wildman–Crippen MR) is 55.3 cm³/mol. The number of benzene rings is 1. The molecule has 7 heteroatoms. The smallest absolute Gasteiger partial charge is 0.319 e. The number of hydrogen-bond acceptors (Lipinski definition) is 3. The molecule has 0 bridgehead atoms. The van der Waals surface area contributed by atoms with Gasteiger partial charge in [0.1, 0.15) is 0 Å². The van der Waals surface area contributed by atoms with Gasteiger partial charge >= 0.3 is 6.03 Å². The van der Waals surface area contributed by atoms with Gasteiger partial charge in [-0.1, -0.05) is 0 Å². The van der Waals surface area contributed by atoms with Gasteiger partial charge in [0.25, 0.3) is 9.05 Å². The Morgan fingerprint density at radius 2 is 2.07 bits per heavy atom. The van der Waals surface area contributed by atoms with Crippen molar-refractivity contribution in [2.75, 3.05) is 5.32 Å². The molecule has 0 aromatic heterocycles. The highest BCUT2D eigenvalue weighted by Gasteiger charge is 2.17. The van der Waals surface area contributed by atoms with E-state index >= 15 is 0 Å². The van der Waals surface area contributed by atoms with Crippen molar-refractivity contribution in [2.45, 2.75) is 11.4 Å². The Bertz CT molecular complexity index is 527. The van der Waals surface area contributed by atoms with E-state index in [4.69, 9.17) is 10.7 Å². The lowest BCUT2D eigenvalue weighted by atomic mass is 10.1. The number of carbonyl (C=O) groups is 1. The minimum Gasteiger partial charge on any atom is -0.334 e. The standard InChI is InChI=1S/C8H7ClN2O3S/c9-15(13,14)6-1-2-7-5(3-6)4-10-8(12)11-7/h1-3H,4H2,(H2,10,11,12). The van der Waals surface area contributed by atoms with Crippen LogP contribution in [0, 0.1) is 0 Å². The maximum Gasteiger partial charge on any atom is 0.319 e. The molecule has 2 rings (SSSR count). The van der Waals surface area contributed by atoms with E-state index in [1.807, 2.05) is 0 Å². The first-order valence-corrected chi connectivity index (χ1v) is 6.40. The minimum atomic E-state index is -3.72. The second-order valence-corrected chi connectivity index (χ2v) is 5.63. The lowest BCUT2D eigenvalue weighted by Gasteiger charge is -2.18. The Balaban J connectivity index is 2.48. The molecular formula is C8H7ClN2O3S. The highest BCUT2D eigenvalue weighted by Crippen LogP contribution is 2.24. The van der Waals surface area contributed by atoms with Gasteiger partial charge in [-0.3, -0.25) is 0 Å². The molecule has 1 aliphatic rings. The molecule has 0 spiro atoms. The molecule has 1 aromatic rings. The summed E-state index contributed by atoms with van der Waals surface area (Å²) < 4.78 is 22.1. The quantitative estimate of drug-likeness (QED) is 0.733. The summed E-state index contributed by atoms with van der Waals surface area (Å²) in [6, 6.07) is 4.00. The summed E-state index contributed by atoms with van der Waals surface area (Å²) in [5.74, 6) is 0. The number of nitrogens with one attached hydrogen (secondary N) is 2. The second kappa shape index (κ2) is 3.39. The summed E-state index contributed by atoms with van der Waals surface area (Å²) in [4.78, 5) is 11.0. The topological polar surface area (TPSA) is 75.3 Å². The van der Waals surface area contributed by atoms with Crippen molar-refractivity contribution >= 4 is 31.5 Å². The lowest BCUT2D eigenvalue weighted by Crippen LogP contribution is -2.33. The van der Waals surface area contributed by atoms with Gasteiger partial charge in [-0.2, -0.15) is 0 Å². The molecule has 0 fully saturated rings. The first-order chi connectivity index (χ1) is 6.97. The van der Waals surface area contributed by atoms with Crippen molar-refractivity contribution in [3.63, 3.8) is 0 Å². The van der Waals surface area contributed by atoms with Crippen molar-refractivity contribution in [3.8, 4) is 0 Å². The van der Waals surface area contributed by atoms with Crippen molar-refractivity contribution in [1.29, 1.82) is 0 Å². The fraction of sp³-hybridized carbons (Fsp3) is 0.125. The molecule has 80 valence electrons. The summed E-state index contributed by atoms with van der Waals surface area (Å²) in [6.45, 7) is 0.293. The van der Waals surface area contributed by atoms with Gasteiger partial charge in [0.05, 0.1) is 4.90 Å². The number of fused-ring (bicyclic) bond motifs is 1. The van der Waals surface area contributed by atoms with E-state index in [0.717, 1.165) is 0 Å². The first kappa shape index (κ1) is 10.3. The van der Waals surface area contributed by atoms with E-state index in [1.165, 1.54) is 18.2 Å². The maximum atomic E-state index is 11.0. The summed E-state index contributed by atoms with van der Waals surface area (Å²) in [5, 5.41) is 5.08. The number of carbonyl (C=O) groups excluding carboxylic acids is 1. The summed E-state index contributed by atoms with van der Waals surface area (Å²) in [6.07, 6.45) is 0. The highest BCUT2D eigenvalue weighted by atomic mass is 35.7. The third kappa shape index (κ3) is 2.05. The molecule has 5 nitrogen and oxygen atoms in total. The molecule has 2 amide bonds. The van der Waals surface area contributed by atoms with Gasteiger partial charge < -0.3 is 10.6 Å². The largest absolute Gasteiger partial charge is 0.334 e. The van der Waals surface area contributed by atoms with Crippen molar-refractivity contribution in [1.82, 2.24) is 5.32 Å². The monoisotopic (exact) mass is 246 g/mol. The van der Waals surface area contributed by atoms with E-state index in [9.17, 15) is 13.2 Å². The normalized spacial score (nSPS) is 15.1. The van der Waals surface area contributed by atoms with Crippen LogP contribution in [0.15, 0.2) is 23.1 Å². The summed E-state index contributed by atoms with van der Waals surface area (Å²) in [7, 11) is 1.48. The second-order valence-electron chi connectivity index (χ2n) is 3.06. The SMILES string of the molecule is O=C1NCc2cc(S(=O)(=O)Cl)ccc2N1. The molecule has 1 aromatic carbocycles. The number of anilines is 1. The van der Waals surface area contributed by atoms with Crippen LogP contribution >= 0.6 is 10.7 Å². The average molecular weight is 247 g/mol. The summed E-state index contributed by atoms with van der Waals surface area (Å²) >= 11 is 0. The zero-order chi connectivity index (χ0) is 11.1. The molecule has 2 N–H and O–H groups in total. The van der Waals surface area contributed by atoms with Crippen molar-refractivity contribution in [2.24, 2.45) is 0 Å². The molecule has 0 saturated carbocycles. The van der Waals surface area contributed by atoms with E-state index < -0.39 is 9.05 Å². The van der Waals surface area contributed by atoms with Crippen LogP contribution in [0.3, 0.4) is 0 Å². The molecule has 0 atom stereocenters. The molecule has 0 unspecified atom stereocenters. The zero-order valence-corrected chi connectivity index (χ0v) is 9.02. The average Bonchev–Trinajstić information content (AvgIpc) is 2.15. The first-order valence-electron chi connectivity index (χ1n) is 4.09. The van der Waals surface area contributed by atoms with Crippen LogP contribution in [-0.4, -0.2) is 14.4 Å². The van der Waals surface area contributed by atoms with E-state index in [0.29, 0.717) is 17.8 Å². The number of amides is 2. The van der Waals surface area contributed by atoms with Gasteiger partial charge in [-0.25, -0.2) is 13.2 Å².